The van der Waals surface area contributed by atoms with E-state index in [2.05, 4.69) is 26.1 Å². The first-order valence-corrected chi connectivity index (χ1v) is 7.16. The van der Waals surface area contributed by atoms with Crippen LogP contribution in [-0.4, -0.2) is 28.8 Å². The van der Waals surface area contributed by atoms with Crippen molar-refractivity contribution < 1.29 is 0 Å². The second kappa shape index (κ2) is 3.93. The minimum atomic E-state index is -0.306. The fraction of sp³-hybridized carbons (Fsp3) is 0.600. The van der Waals surface area contributed by atoms with Gasteiger partial charge < -0.3 is 9.07 Å². The van der Waals surface area contributed by atoms with Crippen molar-refractivity contribution in [2.45, 2.75) is 17.0 Å². The molecule has 0 atom stereocenters. The molecule has 0 aromatic rings. The Labute approximate surface area is 67.0 Å². The van der Waals surface area contributed by atoms with Crippen molar-refractivity contribution in [1.29, 1.82) is 0 Å². The van der Waals surface area contributed by atoms with E-state index in [1.165, 1.54) is 0 Å². The number of hydrogen-bond acceptors (Lipinski definition) is 0. The normalized spacial score (nSPS) is 11.9. The van der Waals surface area contributed by atoms with Gasteiger partial charge in [-0.3, -0.25) is 0 Å². The van der Waals surface area contributed by atoms with E-state index in [9.17, 15) is 0 Å². The van der Waals surface area contributed by atoms with Crippen LogP contribution in [0.2, 0.25) is 3.17 Å². The van der Waals surface area contributed by atoms with E-state index in [1.54, 1.807) is 0 Å². The molecular weight excluding hydrogens is 148 g/mol. The summed E-state index contributed by atoms with van der Waals surface area (Å²) in [7, 11) is 5.74. The lowest BCUT2D eigenvalue weighted by molar-refractivity contribution is 0.956. The van der Waals surface area contributed by atoms with E-state index in [0.717, 1.165) is 0 Å². The van der Waals surface area contributed by atoms with Crippen LogP contribution in [0.3, 0.4) is 0 Å². The molecular formula is C5H11ClMgSi. The summed E-state index contributed by atoms with van der Waals surface area (Å²) in [5.41, 5.74) is 2.08. The molecule has 0 rings (SSSR count). The Morgan fingerprint density at radius 3 is 2.38 bits per heavy atom. The molecule has 0 aliphatic carbocycles. The fourth-order valence-corrected chi connectivity index (χ4v) is 3.26. The Kier molecular flexibility index (Phi) is 4.43. The summed E-state index contributed by atoms with van der Waals surface area (Å²) in [6, 6.07) is 0. The van der Waals surface area contributed by atoms with Crippen LogP contribution in [0.4, 0.5) is 0 Å². The maximum Gasteiger partial charge on any atom is 0.504 e. The van der Waals surface area contributed by atoms with Crippen LogP contribution in [0.25, 0.3) is 0 Å². The van der Waals surface area contributed by atoms with Crippen molar-refractivity contribution in [3.05, 3.63) is 12.3 Å². The summed E-state index contributed by atoms with van der Waals surface area (Å²) in [5.74, 6) is 0. The molecule has 0 amide bonds. The van der Waals surface area contributed by atoms with E-state index >= 15 is 0 Å². The number of rotatable bonds is 3. The maximum absolute atomic E-state index is 5.80. The van der Waals surface area contributed by atoms with Crippen molar-refractivity contribution in [2.24, 2.45) is 0 Å². The zero-order valence-electron chi connectivity index (χ0n) is 5.58. The summed E-state index contributed by atoms with van der Waals surface area (Å²) >= 11 is -0.306. The molecule has 0 aromatic carbocycles. The van der Waals surface area contributed by atoms with Crippen LogP contribution >= 0.6 is 9.07 Å². The minimum absolute atomic E-state index is 0.0567. The highest BCUT2D eigenvalue weighted by molar-refractivity contribution is 6.99. The minimum Gasteiger partial charge on any atom is -0.346 e. The largest absolute Gasteiger partial charge is 0.504 e. The molecule has 0 unspecified atom stereocenters. The molecule has 0 fully saturated rings. The first-order chi connectivity index (χ1) is 3.62. The van der Waals surface area contributed by atoms with Crippen LogP contribution in [0.15, 0.2) is 12.3 Å². The van der Waals surface area contributed by atoms with Gasteiger partial charge in [0.2, 0.25) is 0 Å². The Morgan fingerprint density at radius 2 is 2.25 bits per heavy atom. The Balaban J connectivity index is 3.53. The van der Waals surface area contributed by atoms with Crippen LogP contribution in [-0.2, 0) is 0 Å². The van der Waals surface area contributed by atoms with E-state index in [1.807, 2.05) is 0 Å². The van der Waals surface area contributed by atoms with E-state index in [-0.39, 0.29) is 28.8 Å². The first-order valence-electron chi connectivity index (χ1n) is 2.79. The topological polar surface area (TPSA) is 0 Å². The SMILES string of the molecule is C=C[SiH2][C](C)(C)[Mg][Cl]. The lowest BCUT2D eigenvalue weighted by atomic mass is 10.5. The number of halogens is 1. The summed E-state index contributed by atoms with van der Waals surface area (Å²) in [6.45, 7) is 8.22. The van der Waals surface area contributed by atoms with Crippen LogP contribution in [0.5, 0.6) is 0 Å². The van der Waals surface area contributed by atoms with Gasteiger partial charge in [-0.1, -0.05) is 13.8 Å². The molecule has 8 heavy (non-hydrogen) atoms. The van der Waals surface area contributed by atoms with Gasteiger partial charge >= 0.3 is 19.3 Å². The van der Waals surface area contributed by atoms with Crippen molar-refractivity contribution >= 4 is 37.9 Å². The Morgan fingerprint density at radius 1 is 1.75 bits per heavy atom. The highest BCUT2D eigenvalue weighted by Crippen LogP contribution is 2.20. The zero-order valence-corrected chi connectivity index (χ0v) is 9.16. The van der Waals surface area contributed by atoms with Gasteiger partial charge in [-0.2, -0.15) is 0 Å². The standard InChI is InChI=1S/C5H11Si.ClH.Mg/c1-4-6-5(2)3;;/h4H,1,6H2,2-3H3;1H;/q;;+1/p-1. The van der Waals surface area contributed by atoms with E-state index in [0.29, 0.717) is 3.17 Å². The third-order valence-electron chi connectivity index (χ3n) is 1.06. The Bertz CT molecular complexity index is 82.5. The summed E-state index contributed by atoms with van der Waals surface area (Å²) in [6.07, 6.45) is 0. The fourth-order valence-electron chi connectivity index (χ4n) is 0.445. The summed E-state index contributed by atoms with van der Waals surface area (Å²) in [4.78, 5) is 0. The lowest BCUT2D eigenvalue weighted by Gasteiger charge is -2.16. The van der Waals surface area contributed by atoms with Gasteiger partial charge in [-0.25, -0.2) is 0 Å². The van der Waals surface area contributed by atoms with Crippen molar-refractivity contribution in [3.63, 3.8) is 0 Å². The van der Waals surface area contributed by atoms with Gasteiger partial charge in [-0.05, 0) is 0 Å². The van der Waals surface area contributed by atoms with Crippen molar-refractivity contribution in [1.82, 2.24) is 0 Å². The molecule has 0 aliphatic heterocycles. The molecule has 3 heteroatoms. The lowest BCUT2D eigenvalue weighted by Crippen LogP contribution is -2.14. The molecule has 0 bridgehead atoms. The van der Waals surface area contributed by atoms with E-state index in [4.69, 9.17) is 9.07 Å². The van der Waals surface area contributed by atoms with Gasteiger partial charge in [0.15, 0.2) is 0 Å². The molecule has 0 heterocycles. The number of hydrogen-bond donors (Lipinski definition) is 0. The molecule has 0 aliphatic rings. The second-order valence-corrected chi connectivity index (χ2v) is 9.67. The molecule has 0 spiro atoms. The van der Waals surface area contributed by atoms with E-state index < -0.39 is 0 Å². The quantitative estimate of drug-likeness (QED) is 0.544. The van der Waals surface area contributed by atoms with Crippen LogP contribution < -0.4 is 0 Å². The van der Waals surface area contributed by atoms with Crippen molar-refractivity contribution in [3.8, 4) is 0 Å². The molecule has 44 valence electrons. The highest BCUT2D eigenvalue weighted by Gasteiger charge is 2.17. The second-order valence-electron chi connectivity index (χ2n) is 2.79. The molecule has 0 nitrogen and oxygen atoms in total. The van der Waals surface area contributed by atoms with Gasteiger partial charge in [0.05, 0.1) is 0 Å². The third kappa shape index (κ3) is 3.95. The summed E-state index contributed by atoms with van der Waals surface area (Å²) < 4.78 is 0.517. The zero-order chi connectivity index (χ0) is 6.62. The van der Waals surface area contributed by atoms with Gasteiger partial charge in [0.1, 0.15) is 0 Å². The maximum atomic E-state index is 5.80. The third-order valence-corrected chi connectivity index (χ3v) is 7.91. The molecule has 0 radical (unpaired) electrons. The van der Waals surface area contributed by atoms with Gasteiger partial charge in [-0.15, -0.1) is 15.4 Å². The molecule has 0 aromatic heterocycles. The van der Waals surface area contributed by atoms with Crippen LogP contribution in [0, 0.1) is 0 Å². The average molecular weight is 159 g/mol. The predicted octanol–water partition coefficient (Wildman–Crippen LogP) is 1.31. The summed E-state index contributed by atoms with van der Waals surface area (Å²) in [5, 5.41) is 0. The van der Waals surface area contributed by atoms with Gasteiger partial charge in [0, 0.05) is 9.52 Å². The molecule has 0 N–H and O–H groups in total. The highest BCUT2D eigenvalue weighted by atomic mass is 35.5. The first kappa shape index (κ1) is 9.01. The van der Waals surface area contributed by atoms with Crippen LogP contribution in [0.1, 0.15) is 13.8 Å². The Hall–Kier alpha value is 1.01. The van der Waals surface area contributed by atoms with Crippen molar-refractivity contribution in [2.75, 3.05) is 0 Å². The predicted molar refractivity (Wildman–Crippen MR) is 44.4 cm³/mol. The average Bonchev–Trinajstić information content (AvgIpc) is 1.67. The molecule has 0 saturated heterocycles. The molecule has 0 saturated carbocycles. The van der Waals surface area contributed by atoms with Gasteiger partial charge in [0.25, 0.3) is 0 Å². The smallest absolute Gasteiger partial charge is 0.346 e. The monoisotopic (exact) mass is 158 g/mol.